The van der Waals surface area contributed by atoms with Gasteiger partial charge in [-0.3, -0.25) is 4.79 Å². The van der Waals surface area contributed by atoms with Crippen LogP contribution in [0, 0.1) is 0 Å². The molecular weight excluding hydrogens is 396 g/mol. The Morgan fingerprint density at radius 3 is 2.58 bits per heavy atom. The first-order valence-electron chi connectivity index (χ1n) is 7.31. The van der Waals surface area contributed by atoms with E-state index >= 15 is 0 Å². The Bertz CT molecular complexity index is 740. The molecular formula is C17H18BrClN2O3. The van der Waals surface area contributed by atoms with Crippen LogP contribution in [0.1, 0.15) is 22.8 Å². The van der Waals surface area contributed by atoms with E-state index in [1.807, 2.05) is 25.1 Å². The van der Waals surface area contributed by atoms with E-state index in [1.165, 1.54) is 0 Å². The number of benzene rings is 1. The molecule has 2 rings (SSSR count). The number of halogens is 2. The van der Waals surface area contributed by atoms with E-state index in [2.05, 4.69) is 20.9 Å². The minimum atomic E-state index is -0.175. The summed E-state index contributed by atoms with van der Waals surface area (Å²) >= 11 is 9.38. The number of hydrogen-bond donors (Lipinski definition) is 0. The second-order valence-corrected chi connectivity index (χ2v) is 6.27. The molecule has 128 valence electrons. The highest BCUT2D eigenvalue weighted by atomic mass is 79.9. The molecule has 0 aliphatic rings. The van der Waals surface area contributed by atoms with Crippen LogP contribution >= 0.6 is 27.5 Å². The molecule has 1 aromatic heterocycles. The summed E-state index contributed by atoms with van der Waals surface area (Å²) in [6.07, 6.45) is 1.56. The van der Waals surface area contributed by atoms with Gasteiger partial charge in [0.1, 0.15) is 5.15 Å². The van der Waals surface area contributed by atoms with Gasteiger partial charge in [0.2, 0.25) is 0 Å². The predicted octanol–water partition coefficient (Wildman–Crippen LogP) is 4.18. The van der Waals surface area contributed by atoms with Crippen LogP contribution in [0.2, 0.25) is 5.15 Å². The molecule has 0 N–H and O–H groups in total. The first-order chi connectivity index (χ1) is 11.5. The Morgan fingerprint density at radius 1 is 1.25 bits per heavy atom. The quantitative estimate of drug-likeness (QED) is 0.667. The molecule has 1 amide bonds. The van der Waals surface area contributed by atoms with Gasteiger partial charge in [0.25, 0.3) is 5.91 Å². The van der Waals surface area contributed by atoms with Gasteiger partial charge in [0.15, 0.2) is 11.5 Å². The highest BCUT2D eigenvalue weighted by molar-refractivity contribution is 9.10. The van der Waals surface area contributed by atoms with E-state index in [4.69, 9.17) is 21.1 Å². The Kier molecular flexibility index (Phi) is 6.45. The Labute approximate surface area is 154 Å². The molecule has 0 bridgehead atoms. The summed E-state index contributed by atoms with van der Waals surface area (Å²) < 4.78 is 11.2. The summed E-state index contributed by atoms with van der Waals surface area (Å²) in [7, 11) is 3.17. The van der Waals surface area contributed by atoms with Crippen molar-refractivity contribution in [3.8, 4) is 11.5 Å². The van der Waals surface area contributed by atoms with Gasteiger partial charge >= 0.3 is 0 Å². The van der Waals surface area contributed by atoms with E-state index < -0.39 is 0 Å². The molecule has 5 nitrogen and oxygen atoms in total. The van der Waals surface area contributed by atoms with Crippen LogP contribution in [0.5, 0.6) is 11.5 Å². The van der Waals surface area contributed by atoms with Gasteiger partial charge in [0.05, 0.1) is 19.8 Å². The second-order valence-electron chi connectivity index (χ2n) is 5.00. The van der Waals surface area contributed by atoms with Crippen molar-refractivity contribution in [1.29, 1.82) is 0 Å². The van der Waals surface area contributed by atoms with Gasteiger partial charge in [-0.25, -0.2) is 4.98 Å². The fraction of sp³-hybridized carbons (Fsp3) is 0.294. The number of nitrogens with zero attached hydrogens (tertiary/aromatic N) is 2. The fourth-order valence-electron chi connectivity index (χ4n) is 2.27. The van der Waals surface area contributed by atoms with Crippen molar-refractivity contribution in [2.45, 2.75) is 13.5 Å². The highest BCUT2D eigenvalue weighted by Crippen LogP contribution is 2.28. The summed E-state index contributed by atoms with van der Waals surface area (Å²) in [6, 6.07) is 7.25. The maximum absolute atomic E-state index is 12.8. The standard InChI is InChI=1S/C17H18BrClN2O3/c1-4-21(17(22)13-8-12(18)9-20-16(13)19)10-11-5-6-14(23-2)15(7-11)24-3/h5-9H,4,10H2,1-3H3. The predicted molar refractivity (Wildman–Crippen MR) is 96.9 cm³/mol. The zero-order valence-electron chi connectivity index (χ0n) is 13.7. The summed E-state index contributed by atoms with van der Waals surface area (Å²) in [5.41, 5.74) is 1.30. The molecule has 0 atom stereocenters. The van der Waals surface area contributed by atoms with Crippen LogP contribution in [0.4, 0.5) is 0 Å². The number of aromatic nitrogens is 1. The number of hydrogen-bond acceptors (Lipinski definition) is 4. The minimum absolute atomic E-state index is 0.175. The first-order valence-corrected chi connectivity index (χ1v) is 8.48. The van der Waals surface area contributed by atoms with Crippen LogP contribution in [-0.4, -0.2) is 36.6 Å². The molecule has 0 radical (unpaired) electrons. The lowest BCUT2D eigenvalue weighted by Gasteiger charge is -2.22. The molecule has 0 spiro atoms. The smallest absolute Gasteiger partial charge is 0.257 e. The first kappa shape index (κ1) is 18.5. The molecule has 0 saturated carbocycles. The van der Waals surface area contributed by atoms with Crippen molar-refractivity contribution in [3.63, 3.8) is 0 Å². The average molecular weight is 414 g/mol. The van der Waals surface area contributed by atoms with Crippen LogP contribution in [0.25, 0.3) is 0 Å². The summed E-state index contributed by atoms with van der Waals surface area (Å²) in [4.78, 5) is 18.5. The van der Waals surface area contributed by atoms with E-state index in [-0.39, 0.29) is 11.1 Å². The number of carbonyl (C=O) groups excluding carboxylic acids is 1. The maximum atomic E-state index is 12.8. The lowest BCUT2D eigenvalue weighted by atomic mass is 10.1. The Hall–Kier alpha value is -1.79. The van der Waals surface area contributed by atoms with Gasteiger partial charge in [-0.05, 0) is 46.6 Å². The molecule has 1 aromatic carbocycles. The van der Waals surface area contributed by atoms with Crippen molar-refractivity contribution in [2.75, 3.05) is 20.8 Å². The third kappa shape index (κ3) is 4.19. The minimum Gasteiger partial charge on any atom is -0.493 e. The number of methoxy groups -OCH3 is 2. The third-order valence-corrected chi connectivity index (χ3v) is 4.26. The number of amides is 1. The Balaban J connectivity index is 2.26. The fourth-order valence-corrected chi connectivity index (χ4v) is 2.78. The van der Waals surface area contributed by atoms with E-state index in [0.717, 1.165) is 5.56 Å². The van der Waals surface area contributed by atoms with Crippen molar-refractivity contribution in [2.24, 2.45) is 0 Å². The number of pyridine rings is 1. The molecule has 24 heavy (non-hydrogen) atoms. The molecule has 0 saturated heterocycles. The number of carbonyl (C=O) groups is 1. The largest absolute Gasteiger partial charge is 0.493 e. The van der Waals surface area contributed by atoms with Gasteiger partial charge in [0, 0.05) is 23.8 Å². The second kappa shape index (κ2) is 8.35. The lowest BCUT2D eigenvalue weighted by molar-refractivity contribution is 0.0752. The van der Waals surface area contributed by atoms with Crippen molar-refractivity contribution in [1.82, 2.24) is 9.88 Å². The monoisotopic (exact) mass is 412 g/mol. The SMILES string of the molecule is CCN(Cc1ccc(OC)c(OC)c1)C(=O)c1cc(Br)cnc1Cl. The Morgan fingerprint density at radius 2 is 1.96 bits per heavy atom. The van der Waals surface area contributed by atoms with Crippen LogP contribution in [0.15, 0.2) is 34.9 Å². The maximum Gasteiger partial charge on any atom is 0.257 e. The number of ether oxygens (including phenoxy) is 2. The summed E-state index contributed by atoms with van der Waals surface area (Å²) in [5, 5.41) is 0.189. The van der Waals surface area contributed by atoms with E-state index in [1.54, 1.807) is 31.4 Å². The van der Waals surface area contributed by atoms with E-state index in [0.29, 0.717) is 34.6 Å². The van der Waals surface area contributed by atoms with Crippen molar-refractivity contribution < 1.29 is 14.3 Å². The molecule has 0 unspecified atom stereocenters. The molecule has 1 heterocycles. The number of rotatable bonds is 6. The van der Waals surface area contributed by atoms with Crippen molar-refractivity contribution >= 4 is 33.4 Å². The highest BCUT2D eigenvalue weighted by Gasteiger charge is 2.19. The van der Waals surface area contributed by atoms with Gasteiger partial charge < -0.3 is 14.4 Å². The van der Waals surface area contributed by atoms with Crippen molar-refractivity contribution in [3.05, 3.63) is 51.2 Å². The summed E-state index contributed by atoms with van der Waals surface area (Å²) in [5.74, 6) is 1.10. The van der Waals surface area contributed by atoms with Crippen LogP contribution in [-0.2, 0) is 6.54 Å². The van der Waals surface area contributed by atoms with Crippen LogP contribution < -0.4 is 9.47 Å². The molecule has 0 aliphatic carbocycles. The molecule has 2 aromatic rings. The van der Waals surface area contributed by atoms with Crippen LogP contribution in [0.3, 0.4) is 0 Å². The lowest BCUT2D eigenvalue weighted by Crippen LogP contribution is -2.30. The molecule has 0 aliphatic heterocycles. The average Bonchev–Trinajstić information content (AvgIpc) is 2.60. The third-order valence-electron chi connectivity index (χ3n) is 3.53. The topological polar surface area (TPSA) is 51.7 Å². The van der Waals surface area contributed by atoms with Gasteiger partial charge in [-0.15, -0.1) is 0 Å². The summed E-state index contributed by atoms with van der Waals surface area (Å²) in [6.45, 7) is 2.88. The normalized spacial score (nSPS) is 10.4. The zero-order chi connectivity index (χ0) is 17.7. The van der Waals surface area contributed by atoms with Gasteiger partial charge in [-0.1, -0.05) is 17.7 Å². The molecule has 0 fully saturated rings. The zero-order valence-corrected chi connectivity index (χ0v) is 16.0. The van der Waals surface area contributed by atoms with E-state index in [9.17, 15) is 4.79 Å². The molecule has 7 heteroatoms. The van der Waals surface area contributed by atoms with Gasteiger partial charge in [-0.2, -0.15) is 0 Å².